The summed E-state index contributed by atoms with van der Waals surface area (Å²) >= 11 is 4.23. The van der Waals surface area contributed by atoms with Gasteiger partial charge in [0.25, 0.3) is 0 Å². The standard InChI is InChI=1S/C11H14BrNO3S/c1-6(14)17-5-10(15)11(16)7-2-3-9(13)8(12)4-7/h2-4,10-11,15-16H,5,13H2,1H3. The summed E-state index contributed by atoms with van der Waals surface area (Å²) in [5.41, 5.74) is 6.75. The molecule has 0 fully saturated rings. The number of carbonyl (C=O) groups excluding carboxylic acids is 1. The predicted molar refractivity (Wildman–Crippen MR) is 72.7 cm³/mol. The molecule has 2 unspecified atom stereocenters. The fourth-order valence-corrected chi connectivity index (χ4v) is 2.23. The highest BCUT2D eigenvalue weighted by Crippen LogP contribution is 2.26. The molecule has 0 heterocycles. The summed E-state index contributed by atoms with van der Waals surface area (Å²) in [6.07, 6.45) is -2.02. The highest BCUT2D eigenvalue weighted by atomic mass is 79.9. The first kappa shape index (κ1) is 14.5. The van der Waals surface area contributed by atoms with Crippen molar-refractivity contribution in [3.05, 3.63) is 28.2 Å². The van der Waals surface area contributed by atoms with Crippen LogP contribution in [0.1, 0.15) is 18.6 Å². The van der Waals surface area contributed by atoms with Crippen molar-refractivity contribution in [1.29, 1.82) is 0 Å². The Morgan fingerprint density at radius 2 is 2.18 bits per heavy atom. The normalized spacial score (nSPS) is 14.4. The van der Waals surface area contributed by atoms with Crippen LogP contribution < -0.4 is 5.73 Å². The van der Waals surface area contributed by atoms with Gasteiger partial charge < -0.3 is 15.9 Å². The van der Waals surface area contributed by atoms with Crippen LogP contribution in [0.4, 0.5) is 5.69 Å². The van der Waals surface area contributed by atoms with Crippen molar-refractivity contribution < 1.29 is 15.0 Å². The van der Waals surface area contributed by atoms with Gasteiger partial charge in [0, 0.05) is 22.8 Å². The third-order valence-corrected chi connectivity index (χ3v) is 3.79. The molecule has 1 rings (SSSR count). The zero-order valence-corrected chi connectivity index (χ0v) is 11.7. The largest absolute Gasteiger partial charge is 0.398 e. The summed E-state index contributed by atoms with van der Waals surface area (Å²) < 4.78 is 0.667. The fourth-order valence-electron chi connectivity index (χ4n) is 1.24. The first-order valence-corrected chi connectivity index (χ1v) is 6.74. The summed E-state index contributed by atoms with van der Waals surface area (Å²) in [4.78, 5) is 10.8. The van der Waals surface area contributed by atoms with Crippen molar-refractivity contribution >= 4 is 38.5 Å². The summed E-state index contributed by atoms with van der Waals surface area (Å²) in [5.74, 6) is 0.165. The Bertz CT molecular complexity index is 414. The Kier molecular flexibility index (Phi) is 5.45. The number of aliphatic hydroxyl groups is 2. The van der Waals surface area contributed by atoms with Crippen molar-refractivity contribution in [2.45, 2.75) is 19.1 Å². The number of halogens is 1. The van der Waals surface area contributed by atoms with Crippen LogP contribution in [-0.2, 0) is 4.79 Å². The van der Waals surface area contributed by atoms with E-state index in [2.05, 4.69) is 15.9 Å². The lowest BCUT2D eigenvalue weighted by Crippen LogP contribution is -2.21. The quantitative estimate of drug-likeness (QED) is 0.736. The molecule has 0 saturated carbocycles. The monoisotopic (exact) mass is 319 g/mol. The summed E-state index contributed by atoms with van der Waals surface area (Å²) in [7, 11) is 0. The van der Waals surface area contributed by atoms with E-state index in [9.17, 15) is 15.0 Å². The average molecular weight is 320 g/mol. The molecule has 0 amide bonds. The lowest BCUT2D eigenvalue weighted by Gasteiger charge is -2.17. The minimum Gasteiger partial charge on any atom is -0.398 e. The Hall–Kier alpha value is -0.560. The van der Waals surface area contributed by atoms with Crippen molar-refractivity contribution in [3.63, 3.8) is 0 Å². The minimum absolute atomic E-state index is 0.0882. The van der Waals surface area contributed by atoms with Gasteiger partial charge in [-0.25, -0.2) is 0 Å². The van der Waals surface area contributed by atoms with Gasteiger partial charge in [0.1, 0.15) is 6.10 Å². The Morgan fingerprint density at radius 3 is 2.71 bits per heavy atom. The van der Waals surface area contributed by atoms with Gasteiger partial charge >= 0.3 is 0 Å². The van der Waals surface area contributed by atoms with Crippen LogP contribution in [0.3, 0.4) is 0 Å². The zero-order valence-electron chi connectivity index (χ0n) is 9.26. The van der Waals surface area contributed by atoms with Crippen molar-refractivity contribution in [1.82, 2.24) is 0 Å². The summed E-state index contributed by atoms with van der Waals surface area (Å²) in [6.45, 7) is 1.42. The van der Waals surface area contributed by atoms with Gasteiger partial charge in [-0.2, -0.15) is 0 Å². The van der Waals surface area contributed by atoms with Crippen LogP contribution in [0.2, 0.25) is 0 Å². The van der Waals surface area contributed by atoms with E-state index in [-0.39, 0.29) is 10.9 Å². The van der Waals surface area contributed by atoms with Crippen LogP contribution in [-0.4, -0.2) is 27.2 Å². The smallest absolute Gasteiger partial charge is 0.185 e. The molecule has 4 nitrogen and oxygen atoms in total. The maximum absolute atomic E-state index is 10.8. The number of carbonyl (C=O) groups is 1. The molecule has 0 bridgehead atoms. The molecule has 1 aromatic rings. The van der Waals surface area contributed by atoms with Crippen molar-refractivity contribution in [2.24, 2.45) is 0 Å². The molecule has 0 spiro atoms. The number of hydrogen-bond donors (Lipinski definition) is 3. The molecule has 1 aromatic carbocycles. The first-order valence-electron chi connectivity index (χ1n) is 4.96. The number of benzene rings is 1. The van der Waals surface area contributed by atoms with E-state index in [0.717, 1.165) is 11.8 Å². The summed E-state index contributed by atoms with van der Waals surface area (Å²) in [5, 5.41) is 19.5. The van der Waals surface area contributed by atoms with E-state index in [0.29, 0.717) is 15.7 Å². The van der Waals surface area contributed by atoms with E-state index < -0.39 is 12.2 Å². The number of aliphatic hydroxyl groups excluding tert-OH is 2. The second-order valence-corrected chi connectivity index (χ2v) is 5.65. The van der Waals surface area contributed by atoms with Gasteiger partial charge in [0.05, 0.1) is 6.10 Å². The van der Waals surface area contributed by atoms with Crippen molar-refractivity contribution in [3.8, 4) is 0 Å². The predicted octanol–water partition coefficient (Wildman–Crippen LogP) is 1.71. The maximum atomic E-state index is 10.8. The van der Waals surface area contributed by atoms with E-state index in [1.165, 1.54) is 6.92 Å². The molecular weight excluding hydrogens is 306 g/mol. The Balaban J connectivity index is 2.70. The Labute approximate surface area is 112 Å². The number of rotatable bonds is 4. The molecule has 0 saturated heterocycles. The molecule has 0 radical (unpaired) electrons. The van der Waals surface area contributed by atoms with E-state index in [4.69, 9.17) is 5.73 Å². The van der Waals surface area contributed by atoms with Crippen LogP contribution in [0.15, 0.2) is 22.7 Å². The highest BCUT2D eigenvalue weighted by Gasteiger charge is 2.19. The summed E-state index contributed by atoms with van der Waals surface area (Å²) in [6, 6.07) is 4.95. The third-order valence-electron chi connectivity index (χ3n) is 2.19. The first-order chi connectivity index (χ1) is 7.91. The number of thioether (sulfide) groups is 1. The van der Waals surface area contributed by atoms with Crippen LogP contribution >= 0.6 is 27.7 Å². The van der Waals surface area contributed by atoms with Crippen molar-refractivity contribution in [2.75, 3.05) is 11.5 Å². The lowest BCUT2D eigenvalue weighted by molar-refractivity contribution is -0.109. The number of nitrogen functional groups attached to an aromatic ring is 1. The van der Waals surface area contributed by atoms with E-state index in [1.54, 1.807) is 18.2 Å². The topological polar surface area (TPSA) is 83.5 Å². The fraction of sp³-hybridized carbons (Fsp3) is 0.364. The maximum Gasteiger partial charge on any atom is 0.185 e. The SMILES string of the molecule is CC(=O)SCC(O)C(O)c1ccc(N)c(Br)c1. The van der Waals surface area contributed by atoms with E-state index >= 15 is 0 Å². The second-order valence-electron chi connectivity index (χ2n) is 3.60. The number of anilines is 1. The molecule has 0 aromatic heterocycles. The highest BCUT2D eigenvalue weighted by molar-refractivity contribution is 9.10. The van der Waals surface area contributed by atoms with Gasteiger partial charge in [-0.1, -0.05) is 17.8 Å². The Morgan fingerprint density at radius 1 is 1.53 bits per heavy atom. The second kappa shape index (κ2) is 6.39. The van der Waals surface area contributed by atoms with Crippen LogP contribution in [0, 0.1) is 0 Å². The molecule has 0 aliphatic heterocycles. The van der Waals surface area contributed by atoms with Gasteiger partial charge in [0.2, 0.25) is 0 Å². The van der Waals surface area contributed by atoms with E-state index in [1.807, 2.05) is 0 Å². The number of nitrogens with two attached hydrogens (primary N) is 1. The van der Waals surface area contributed by atoms with Gasteiger partial charge in [-0.15, -0.1) is 0 Å². The zero-order chi connectivity index (χ0) is 13.0. The third kappa shape index (κ3) is 4.31. The molecule has 6 heteroatoms. The van der Waals surface area contributed by atoms with Crippen LogP contribution in [0.25, 0.3) is 0 Å². The van der Waals surface area contributed by atoms with Gasteiger partial charge in [0.15, 0.2) is 5.12 Å². The van der Waals surface area contributed by atoms with Gasteiger partial charge in [-0.05, 0) is 33.6 Å². The van der Waals surface area contributed by atoms with Crippen LogP contribution in [0.5, 0.6) is 0 Å². The number of hydrogen-bond acceptors (Lipinski definition) is 5. The lowest BCUT2D eigenvalue weighted by atomic mass is 10.1. The molecule has 17 heavy (non-hydrogen) atoms. The molecule has 0 aliphatic rings. The molecule has 4 N–H and O–H groups in total. The average Bonchev–Trinajstić information content (AvgIpc) is 2.28. The minimum atomic E-state index is -1.03. The molecular formula is C11H14BrNO3S. The molecule has 0 aliphatic carbocycles. The molecule has 2 atom stereocenters. The van der Waals surface area contributed by atoms with Gasteiger partial charge in [-0.3, -0.25) is 4.79 Å². The molecule has 94 valence electrons.